The van der Waals surface area contributed by atoms with Crippen molar-refractivity contribution < 1.29 is 4.39 Å². The van der Waals surface area contributed by atoms with Crippen LogP contribution >= 0.6 is 0 Å². The van der Waals surface area contributed by atoms with E-state index < -0.39 is 0 Å². The quantitative estimate of drug-likeness (QED) is 0.699. The summed E-state index contributed by atoms with van der Waals surface area (Å²) in [7, 11) is 0. The molecule has 0 amide bonds. The van der Waals surface area contributed by atoms with Crippen molar-refractivity contribution in [3.8, 4) is 0 Å². The van der Waals surface area contributed by atoms with Crippen LogP contribution in [0.4, 0.5) is 15.9 Å². The highest BCUT2D eigenvalue weighted by molar-refractivity contribution is 5.50. The van der Waals surface area contributed by atoms with Gasteiger partial charge in [-0.15, -0.1) is 0 Å². The molecular weight excluding hydrogens is 169 g/mol. The van der Waals surface area contributed by atoms with E-state index in [1.54, 1.807) is 6.20 Å². The van der Waals surface area contributed by atoms with Crippen LogP contribution in [-0.4, -0.2) is 18.2 Å². The molecule has 0 aromatic carbocycles. The third-order valence-corrected chi connectivity index (χ3v) is 1.77. The highest BCUT2D eigenvalue weighted by atomic mass is 19.1. The summed E-state index contributed by atoms with van der Waals surface area (Å²) >= 11 is 0. The Morgan fingerprint density at radius 1 is 1.62 bits per heavy atom. The molecular formula is C9H14FN3. The van der Waals surface area contributed by atoms with Crippen molar-refractivity contribution >= 4 is 11.5 Å². The number of hydrogen-bond donors (Lipinski definition) is 2. The number of rotatable bonds is 4. The highest BCUT2D eigenvalue weighted by Gasteiger charge is 1.96. The van der Waals surface area contributed by atoms with Gasteiger partial charge in [0.15, 0.2) is 0 Å². The lowest BCUT2D eigenvalue weighted by Gasteiger charge is -2.05. The molecule has 0 fully saturated rings. The van der Waals surface area contributed by atoms with E-state index in [1.165, 1.54) is 0 Å². The molecule has 3 nitrogen and oxygen atoms in total. The molecule has 1 aromatic heterocycles. The lowest BCUT2D eigenvalue weighted by molar-refractivity contribution is 0.481. The standard InChI is InChI=1S/C9H14FN3/c1-7-5-9(12-4-2-3-10)13-6-8(7)11/h5-6H,2-4,11H2,1H3,(H,12,13). The van der Waals surface area contributed by atoms with Crippen molar-refractivity contribution in [2.24, 2.45) is 0 Å². The smallest absolute Gasteiger partial charge is 0.126 e. The first-order valence-corrected chi connectivity index (χ1v) is 4.26. The van der Waals surface area contributed by atoms with Crippen molar-refractivity contribution in [2.75, 3.05) is 24.3 Å². The maximum absolute atomic E-state index is 11.8. The molecule has 0 aliphatic carbocycles. The average molecular weight is 183 g/mol. The summed E-state index contributed by atoms with van der Waals surface area (Å²) in [6.45, 7) is 2.21. The van der Waals surface area contributed by atoms with Crippen molar-refractivity contribution in [1.82, 2.24) is 4.98 Å². The number of pyridine rings is 1. The second-order valence-electron chi connectivity index (χ2n) is 2.90. The Morgan fingerprint density at radius 3 is 3.00 bits per heavy atom. The molecule has 0 unspecified atom stereocenters. The summed E-state index contributed by atoms with van der Waals surface area (Å²) < 4.78 is 11.8. The van der Waals surface area contributed by atoms with E-state index in [1.807, 2.05) is 13.0 Å². The number of nitrogens with two attached hydrogens (primary N) is 1. The molecule has 0 spiro atoms. The topological polar surface area (TPSA) is 50.9 Å². The van der Waals surface area contributed by atoms with Crippen molar-refractivity contribution in [3.05, 3.63) is 17.8 Å². The zero-order valence-electron chi connectivity index (χ0n) is 7.68. The number of aromatic nitrogens is 1. The van der Waals surface area contributed by atoms with Crippen LogP contribution in [0.3, 0.4) is 0 Å². The molecule has 0 saturated heterocycles. The van der Waals surface area contributed by atoms with Crippen LogP contribution < -0.4 is 11.1 Å². The van der Waals surface area contributed by atoms with Crippen LogP contribution in [0.15, 0.2) is 12.3 Å². The number of nitrogens with one attached hydrogen (secondary N) is 1. The number of halogens is 1. The van der Waals surface area contributed by atoms with Crippen LogP contribution in [0, 0.1) is 6.92 Å². The van der Waals surface area contributed by atoms with Crippen molar-refractivity contribution in [2.45, 2.75) is 13.3 Å². The highest BCUT2D eigenvalue weighted by Crippen LogP contribution is 2.12. The largest absolute Gasteiger partial charge is 0.397 e. The normalized spacial score (nSPS) is 10.0. The zero-order valence-corrected chi connectivity index (χ0v) is 7.68. The van der Waals surface area contributed by atoms with Gasteiger partial charge in [0.1, 0.15) is 5.82 Å². The van der Waals surface area contributed by atoms with Gasteiger partial charge < -0.3 is 11.1 Å². The van der Waals surface area contributed by atoms with Crippen molar-refractivity contribution in [3.63, 3.8) is 0 Å². The first kappa shape index (κ1) is 9.77. The molecule has 13 heavy (non-hydrogen) atoms. The van der Waals surface area contributed by atoms with E-state index in [0.29, 0.717) is 18.7 Å². The summed E-state index contributed by atoms with van der Waals surface area (Å²) in [5.41, 5.74) is 7.25. The molecule has 0 atom stereocenters. The molecule has 1 rings (SSSR count). The maximum Gasteiger partial charge on any atom is 0.126 e. The fraction of sp³-hybridized carbons (Fsp3) is 0.444. The monoisotopic (exact) mass is 183 g/mol. The molecule has 4 heteroatoms. The van der Waals surface area contributed by atoms with Gasteiger partial charge in [0, 0.05) is 6.54 Å². The fourth-order valence-electron chi connectivity index (χ4n) is 0.947. The molecule has 1 aromatic rings. The lowest BCUT2D eigenvalue weighted by atomic mass is 10.2. The minimum Gasteiger partial charge on any atom is -0.397 e. The fourth-order valence-corrected chi connectivity index (χ4v) is 0.947. The lowest BCUT2D eigenvalue weighted by Crippen LogP contribution is -2.04. The Morgan fingerprint density at radius 2 is 2.38 bits per heavy atom. The second-order valence-corrected chi connectivity index (χ2v) is 2.90. The summed E-state index contributed by atoms with van der Waals surface area (Å²) in [6.07, 6.45) is 2.11. The van der Waals surface area contributed by atoms with Gasteiger partial charge in [-0.1, -0.05) is 0 Å². The van der Waals surface area contributed by atoms with Gasteiger partial charge in [-0.3, -0.25) is 4.39 Å². The molecule has 0 bridgehead atoms. The van der Waals surface area contributed by atoms with E-state index >= 15 is 0 Å². The second kappa shape index (κ2) is 4.64. The Labute approximate surface area is 77.2 Å². The van der Waals surface area contributed by atoms with Crippen LogP contribution in [0.1, 0.15) is 12.0 Å². The van der Waals surface area contributed by atoms with Gasteiger partial charge in [-0.25, -0.2) is 4.98 Å². The van der Waals surface area contributed by atoms with Gasteiger partial charge in [0.25, 0.3) is 0 Å². The number of anilines is 2. The van der Waals surface area contributed by atoms with Crippen LogP contribution in [-0.2, 0) is 0 Å². The predicted octanol–water partition coefficient (Wildman–Crippen LogP) is 1.74. The minimum absolute atomic E-state index is 0.305. The number of nitrogen functional groups attached to an aromatic ring is 1. The Bertz CT molecular complexity index is 276. The molecule has 0 radical (unpaired) electrons. The maximum atomic E-state index is 11.8. The molecule has 3 N–H and O–H groups in total. The van der Waals surface area contributed by atoms with Gasteiger partial charge in [0.05, 0.1) is 18.6 Å². The summed E-state index contributed by atoms with van der Waals surface area (Å²) in [4.78, 5) is 4.05. The third kappa shape index (κ3) is 2.89. The van der Waals surface area contributed by atoms with Gasteiger partial charge in [-0.05, 0) is 25.0 Å². The van der Waals surface area contributed by atoms with E-state index in [2.05, 4.69) is 10.3 Å². The molecule has 0 aliphatic heterocycles. The number of nitrogens with zero attached hydrogens (tertiary/aromatic N) is 1. The van der Waals surface area contributed by atoms with Gasteiger partial charge >= 0.3 is 0 Å². The van der Waals surface area contributed by atoms with E-state index in [9.17, 15) is 4.39 Å². The first-order valence-electron chi connectivity index (χ1n) is 4.26. The van der Waals surface area contributed by atoms with Crippen LogP contribution in [0.5, 0.6) is 0 Å². The summed E-state index contributed by atoms with van der Waals surface area (Å²) in [5, 5.41) is 3.01. The van der Waals surface area contributed by atoms with E-state index in [0.717, 1.165) is 11.4 Å². The number of hydrogen-bond acceptors (Lipinski definition) is 3. The Kier molecular flexibility index (Phi) is 3.49. The van der Waals surface area contributed by atoms with Crippen molar-refractivity contribution in [1.29, 1.82) is 0 Å². The number of alkyl halides is 1. The molecule has 1 heterocycles. The SMILES string of the molecule is Cc1cc(NCCCF)ncc1N. The third-order valence-electron chi connectivity index (χ3n) is 1.77. The Hall–Kier alpha value is -1.32. The first-order chi connectivity index (χ1) is 6.24. The van der Waals surface area contributed by atoms with Gasteiger partial charge in [0.2, 0.25) is 0 Å². The predicted molar refractivity (Wildman–Crippen MR) is 52.5 cm³/mol. The zero-order chi connectivity index (χ0) is 9.68. The van der Waals surface area contributed by atoms with Gasteiger partial charge in [-0.2, -0.15) is 0 Å². The summed E-state index contributed by atoms with van der Waals surface area (Å²) in [6, 6.07) is 1.85. The number of aryl methyl sites for hydroxylation is 1. The Balaban J connectivity index is 2.53. The molecule has 72 valence electrons. The van der Waals surface area contributed by atoms with Crippen LogP contribution in [0.25, 0.3) is 0 Å². The minimum atomic E-state index is -0.305. The molecule has 0 saturated carbocycles. The van der Waals surface area contributed by atoms with Crippen LogP contribution in [0.2, 0.25) is 0 Å². The van der Waals surface area contributed by atoms with E-state index in [-0.39, 0.29) is 6.67 Å². The van der Waals surface area contributed by atoms with E-state index in [4.69, 9.17) is 5.73 Å². The molecule has 0 aliphatic rings. The summed E-state index contributed by atoms with van der Waals surface area (Å²) in [5.74, 6) is 0.750. The average Bonchev–Trinajstić information content (AvgIpc) is 2.12.